The fourth-order valence-electron chi connectivity index (χ4n) is 5.18. The van der Waals surface area contributed by atoms with E-state index in [0.29, 0.717) is 17.8 Å². The zero-order valence-corrected chi connectivity index (χ0v) is 17.1. The van der Waals surface area contributed by atoms with Gasteiger partial charge in [0, 0.05) is 6.61 Å². The first kappa shape index (κ1) is 18.0. The van der Waals surface area contributed by atoms with Crippen LogP contribution in [0.3, 0.4) is 0 Å². The minimum Gasteiger partial charge on any atom is -0.407 e. The Morgan fingerprint density at radius 1 is 0.885 bits per heavy atom. The van der Waals surface area contributed by atoms with Crippen LogP contribution in [0.15, 0.2) is 60.7 Å². The van der Waals surface area contributed by atoms with Gasteiger partial charge in [-0.25, -0.2) is 0 Å². The van der Waals surface area contributed by atoms with Gasteiger partial charge < -0.3 is 9.53 Å². The van der Waals surface area contributed by atoms with Gasteiger partial charge in [0.25, 0.3) is 8.32 Å². The van der Waals surface area contributed by atoms with Gasteiger partial charge in [-0.05, 0) is 46.0 Å². The number of aliphatic hydroxyl groups is 1. The summed E-state index contributed by atoms with van der Waals surface area (Å²) in [5.41, 5.74) is 0. The van der Waals surface area contributed by atoms with E-state index >= 15 is 0 Å². The van der Waals surface area contributed by atoms with Gasteiger partial charge in [0.1, 0.15) is 0 Å². The second kappa shape index (κ2) is 6.63. The molecule has 2 nitrogen and oxygen atoms in total. The molecule has 0 saturated heterocycles. The van der Waals surface area contributed by atoms with Crippen LogP contribution >= 0.6 is 0 Å². The van der Waals surface area contributed by atoms with Gasteiger partial charge in [0.2, 0.25) is 0 Å². The summed E-state index contributed by atoms with van der Waals surface area (Å²) in [5.74, 6) is 2.01. The summed E-state index contributed by atoms with van der Waals surface area (Å²) in [4.78, 5) is 0. The summed E-state index contributed by atoms with van der Waals surface area (Å²) in [6, 6.07) is 21.7. The van der Waals surface area contributed by atoms with Crippen molar-refractivity contribution >= 4 is 18.7 Å². The first-order valence-corrected chi connectivity index (χ1v) is 11.8. The van der Waals surface area contributed by atoms with Crippen molar-refractivity contribution in [3.63, 3.8) is 0 Å². The largest absolute Gasteiger partial charge is 0.407 e. The lowest BCUT2D eigenvalue weighted by Crippen LogP contribution is -2.66. The molecule has 26 heavy (non-hydrogen) atoms. The van der Waals surface area contributed by atoms with E-state index in [0.717, 1.165) is 19.4 Å². The molecule has 2 aliphatic carbocycles. The number of fused-ring (bicyclic) bond motifs is 1. The highest BCUT2D eigenvalue weighted by Crippen LogP contribution is 2.58. The zero-order valence-electron chi connectivity index (χ0n) is 16.1. The number of hydrogen-bond donors (Lipinski definition) is 1. The van der Waals surface area contributed by atoms with E-state index in [9.17, 15) is 5.11 Å². The summed E-state index contributed by atoms with van der Waals surface area (Å²) >= 11 is 0. The van der Waals surface area contributed by atoms with Crippen LogP contribution in [0.2, 0.25) is 5.04 Å². The van der Waals surface area contributed by atoms with E-state index in [1.165, 1.54) is 10.4 Å². The lowest BCUT2D eigenvalue weighted by atomic mass is 10.1. The highest BCUT2D eigenvalue weighted by Gasteiger charge is 2.57. The molecule has 0 heterocycles. The Morgan fingerprint density at radius 3 is 1.77 bits per heavy atom. The average molecular weight is 367 g/mol. The van der Waals surface area contributed by atoms with Gasteiger partial charge in [-0.15, -0.1) is 0 Å². The summed E-state index contributed by atoms with van der Waals surface area (Å²) in [6.45, 7) is 7.82. The molecule has 0 aliphatic heterocycles. The summed E-state index contributed by atoms with van der Waals surface area (Å²) < 4.78 is 7.02. The summed E-state index contributed by atoms with van der Waals surface area (Å²) in [5, 5.41) is 12.6. The molecule has 2 aromatic rings. The Balaban J connectivity index is 1.69. The molecular weight excluding hydrogens is 336 g/mol. The fourth-order valence-corrected chi connectivity index (χ4v) is 9.78. The van der Waals surface area contributed by atoms with E-state index < -0.39 is 8.32 Å². The maximum atomic E-state index is 9.83. The molecule has 0 spiro atoms. The van der Waals surface area contributed by atoms with Gasteiger partial charge in [-0.1, -0.05) is 81.4 Å². The van der Waals surface area contributed by atoms with E-state index in [4.69, 9.17) is 4.43 Å². The number of aliphatic hydroxyl groups excluding tert-OH is 1. The Morgan fingerprint density at radius 2 is 1.35 bits per heavy atom. The molecule has 1 N–H and O–H groups in total. The standard InChI is InChI=1S/C23H30O2Si/c1-23(2,3)26(18-10-6-4-7-11-18,19-12-8-5-9-13-19)25-16-22-20-14-17(24)15-21(20)22/h4-13,17,20-22,24H,14-16H2,1-3H3/t17?,20-,21+,22+. The van der Waals surface area contributed by atoms with Crippen LogP contribution < -0.4 is 10.4 Å². The zero-order chi connectivity index (χ0) is 18.4. The van der Waals surface area contributed by atoms with Crippen molar-refractivity contribution in [3.8, 4) is 0 Å². The molecule has 0 amide bonds. The van der Waals surface area contributed by atoms with Crippen molar-refractivity contribution < 1.29 is 9.53 Å². The van der Waals surface area contributed by atoms with Crippen molar-refractivity contribution in [3.05, 3.63) is 60.7 Å². The highest BCUT2D eigenvalue weighted by atomic mass is 28.4. The molecule has 2 aliphatic rings. The van der Waals surface area contributed by atoms with Crippen LogP contribution in [-0.4, -0.2) is 26.1 Å². The quantitative estimate of drug-likeness (QED) is 0.820. The molecular formula is C23H30O2Si. The van der Waals surface area contributed by atoms with E-state index in [1.54, 1.807) is 0 Å². The average Bonchev–Trinajstić information content (AvgIpc) is 3.09. The predicted octanol–water partition coefficient (Wildman–Crippen LogP) is 3.58. The number of hydrogen-bond acceptors (Lipinski definition) is 2. The van der Waals surface area contributed by atoms with Gasteiger partial charge in [-0.3, -0.25) is 0 Å². The molecule has 0 aromatic heterocycles. The lowest BCUT2D eigenvalue weighted by molar-refractivity contribution is 0.151. The van der Waals surface area contributed by atoms with Crippen LogP contribution in [0.25, 0.3) is 0 Å². The lowest BCUT2D eigenvalue weighted by Gasteiger charge is -2.43. The second-order valence-corrected chi connectivity index (χ2v) is 13.4. The Bertz CT molecular complexity index is 686. The molecule has 3 heteroatoms. The molecule has 2 fully saturated rings. The van der Waals surface area contributed by atoms with Crippen molar-refractivity contribution in [2.24, 2.45) is 17.8 Å². The van der Waals surface area contributed by atoms with Gasteiger partial charge >= 0.3 is 0 Å². The number of rotatable bonds is 5. The molecule has 2 saturated carbocycles. The first-order valence-electron chi connectivity index (χ1n) is 9.86. The van der Waals surface area contributed by atoms with Crippen molar-refractivity contribution in [1.29, 1.82) is 0 Å². The van der Waals surface area contributed by atoms with E-state index in [2.05, 4.69) is 81.4 Å². The van der Waals surface area contributed by atoms with Crippen molar-refractivity contribution in [2.75, 3.05) is 6.61 Å². The number of benzene rings is 2. The van der Waals surface area contributed by atoms with Crippen LogP contribution in [0.4, 0.5) is 0 Å². The van der Waals surface area contributed by atoms with E-state index in [1.807, 2.05) is 0 Å². The summed E-state index contributed by atoms with van der Waals surface area (Å²) in [7, 11) is -2.40. The third-order valence-corrected chi connectivity index (χ3v) is 11.5. The Labute approximate surface area is 158 Å². The molecule has 0 bridgehead atoms. The molecule has 4 atom stereocenters. The molecule has 2 aromatic carbocycles. The predicted molar refractivity (Wildman–Crippen MR) is 109 cm³/mol. The second-order valence-electron chi connectivity index (χ2n) is 9.09. The maximum absolute atomic E-state index is 9.83. The third kappa shape index (κ3) is 2.96. The smallest absolute Gasteiger partial charge is 0.261 e. The molecule has 0 radical (unpaired) electrons. The fraction of sp³-hybridized carbons (Fsp3) is 0.478. The maximum Gasteiger partial charge on any atom is 0.261 e. The normalized spacial score (nSPS) is 28.0. The SMILES string of the molecule is CC(C)(C)[Si](OC[C@@H]1[C@H]2CC(O)C[C@@H]12)(c1ccccc1)c1ccccc1. The summed E-state index contributed by atoms with van der Waals surface area (Å²) in [6.07, 6.45) is 1.87. The van der Waals surface area contributed by atoms with Gasteiger partial charge in [0.05, 0.1) is 6.10 Å². The molecule has 138 valence electrons. The molecule has 1 unspecified atom stereocenters. The first-order chi connectivity index (χ1) is 12.4. The van der Waals surface area contributed by atoms with Crippen molar-refractivity contribution in [1.82, 2.24) is 0 Å². The van der Waals surface area contributed by atoms with Crippen LogP contribution in [0.1, 0.15) is 33.6 Å². The monoisotopic (exact) mass is 366 g/mol. The minimum absolute atomic E-state index is 0.0409. The molecule has 4 rings (SSSR count). The highest BCUT2D eigenvalue weighted by molar-refractivity contribution is 6.99. The van der Waals surface area contributed by atoms with Crippen LogP contribution in [-0.2, 0) is 4.43 Å². The topological polar surface area (TPSA) is 29.5 Å². The van der Waals surface area contributed by atoms with Crippen molar-refractivity contribution in [2.45, 2.75) is 44.8 Å². The Kier molecular flexibility index (Phi) is 4.58. The van der Waals surface area contributed by atoms with Gasteiger partial charge in [0.15, 0.2) is 0 Å². The van der Waals surface area contributed by atoms with Crippen LogP contribution in [0.5, 0.6) is 0 Å². The third-order valence-electron chi connectivity index (χ3n) is 6.51. The van der Waals surface area contributed by atoms with Crippen LogP contribution in [0, 0.1) is 17.8 Å². The minimum atomic E-state index is -2.40. The Hall–Kier alpha value is -1.42. The van der Waals surface area contributed by atoms with Gasteiger partial charge in [-0.2, -0.15) is 0 Å². The van der Waals surface area contributed by atoms with E-state index in [-0.39, 0.29) is 11.1 Å².